The van der Waals surface area contributed by atoms with Crippen molar-refractivity contribution >= 4 is 23.3 Å². The lowest BCUT2D eigenvalue weighted by atomic mass is 10.0. The number of guanidine groups is 2. The van der Waals surface area contributed by atoms with E-state index in [0.717, 1.165) is 22.4 Å². The van der Waals surface area contributed by atoms with Gasteiger partial charge in [-0.05, 0) is 29.5 Å². The average Bonchev–Trinajstić information content (AvgIpc) is 3.03. The molecular formula is C15H18N6S. The first kappa shape index (κ1) is 14.5. The molecule has 0 radical (unpaired) electrons. The highest BCUT2D eigenvalue weighted by Gasteiger charge is 2.39. The maximum Gasteiger partial charge on any atom is 0.199 e. The predicted octanol–water partition coefficient (Wildman–Crippen LogP) is 2.37. The number of aromatic nitrogens is 1. The maximum atomic E-state index is 8.03. The largest absolute Gasteiger partial charge is 0.329 e. The molecule has 114 valence electrons. The van der Waals surface area contributed by atoms with Gasteiger partial charge in [-0.3, -0.25) is 20.7 Å². The van der Waals surface area contributed by atoms with Crippen LogP contribution in [-0.4, -0.2) is 28.9 Å². The minimum absolute atomic E-state index is 0.224. The Balaban J connectivity index is 1.97. The van der Waals surface area contributed by atoms with Gasteiger partial charge in [0.2, 0.25) is 0 Å². The number of hydrogen-bond donors (Lipinski definition) is 4. The number of nitrogens with zero attached hydrogens (tertiary/aromatic N) is 2. The Hall–Kier alpha value is -2.41. The molecule has 0 spiro atoms. The molecule has 2 aromatic rings. The van der Waals surface area contributed by atoms with Gasteiger partial charge < -0.3 is 10.6 Å². The van der Waals surface area contributed by atoms with Gasteiger partial charge in [-0.25, -0.2) is 0 Å². The van der Waals surface area contributed by atoms with Crippen molar-refractivity contribution in [2.45, 2.75) is 19.0 Å². The summed E-state index contributed by atoms with van der Waals surface area (Å²) in [6.45, 7) is 2.04. The summed E-state index contributed by atoms with van der Waals surface area (Å²) in [7, 11) is 1.69. The van der Waals surface area contributed by atoms with Gasteiger partial charge in [0.1, 0.15) is 5.66 Å². The third-order valence-corrected chi connectivity index (χ3v) is 4.97. The molecule has 1 saturated heterocycles. The first-order valence-electron chi connectivity index (χ1n) is 7.02. The van der Waals surface area contributed by atoms with Crippen LogP contribution in [-0.2, 0) is 5.66 Å². The third kappa shape index (κ3) is 2.33. The molecule has 7 heteroatoms. The monoisotopic (exact) mass is 314 g/mol. The van der Waals surface area contributed by atoms with Gasteiger partial charge in [-0.2, -0.15) is 0 Å². The van der Waals surface area contributed by atoms with Gasteiger partial charge in [0.15, 0.2) is 11.9 Å². The van der Waals surface area contributed by atoms with Crippen LogP contribution < -0.4 is 10.6 Å². The predicted molar refractivity (Wildman–Crippen MR) is 89.0 cm³/mol. The Morgan fingerprint density at radius 1 is 1.27 bits per heavy atom. The van der Waals surface area contributed by atoms with Crippen molar-refractivity contribution in [2.24, 2.45) is 0 Å². The molecule has 0 aromatic carbocycles. The summed E-state index contributed by atoms with van der Waals surface area (Å²) in [6.07, 6.45) is 4.32. The summed E-state index contributed by atoms with van der Waals surface area (Å²) >= 11 is 1.62. The summed E-state index contributed by atoms with van der Waals surface area (Å²) in [5, 5.41) is 24.5. The van der Waals surface area contributed by atoms with Crippen LogP contribution in [0, 0.1) is 10.8 Å². The minimum atomic E-state index is -0.605. The van der Waals surface area contributed by atoms with Crippen molar-refractivity contribution in [3.63, 3.8) is 0 Å². The standard InChI is InChI=1S/C15H18N6S/c1-3-15(19-13(16)21(2)14(17)20-15)12-7-11(9-22-12)10-5-4-6-18-8-10/h4-9H,3H2,1-2H3,(H2,16,19)(H2,17,20). The Bertz CT molecular complexity index is 690. The summed E-state index contributed by atoms with van der Waals surface area (Å²) in [5.41, 5.74) is 1.56. The molecule has 6 nitrogen and oxygen atoms in total. The van der Waals surface area contributed by atoms with Crippen molar-refractivity contribution in [1.29, 1.82) is 10.8 Å². The molecule has 4 N–H and O–H groups in total. The first-order chi connectivity index (χ1) is 10.6. The summed E-state index contributed by atoms with van der Waals surface area (Å²) < 4.78 is 0. The molecular weight excluding hydrogens is 296 g/mol. The van der Waals surface area contributed by atoms with E-state index in [0.29, 0.717) is 0 Å². The Morgan fingerprint density at radius 2 is 2.00 bits per heavy atom. The summed E-state index contributed by atoms with van der Waals surface area (Å²) in [6, 6.07) is 6.04. The van der Waals surface area contributed by atoms with Crippen LogP contribution in [0.3, 0.4) is 0 Å². The van der Waals surface area contributed by atoms with Crippen LogP contribution in [0.15, 0.2) is 36.0 Å². The fourth-order valence-corrected chi connectivity index (χ4v) is 3.53. The number of pyridine rings is 1. The van der Waals surface area contributed by atoms with E-state index in [2.05, 4.69) is 27.1 Å². The van der Waals surface area contributed by atoms with Crippen LogP contribution in [0.2, 0.25) is 0 Å². The Morgan fingerprint density at radius 3 is 2.59 bits per heavy atom. The first-order valence-corrected chi connectivity index (χ1v) is 7.90. The second-order valence-electron chi connectivity index (χ2n) is 5.21. The molecule has 1 fully saturated rings. The lowest BCUT2D eigenvalue weighted by molar-refractivity contribution is 0.306. The molecule has 0 aliphatic carbocycles. The second kappa shape index (κ2) is 5.42. The van der Waals surface area contributed by atoms with Gasteiger partial charge in [-0.1, -0.05) is 13.0 Å². The lowest BCUT2D eigenvalue weighted by Crippen LogP contribution is -2.68. The van der Waals surface area contributed by atoms with Gasteiger partial charge in [0.25, 0.3) is 0 Å². The highest BCUT2D eigenvalue weighted by Crippen LogP contribution is 2.34. The fourth-order valence-electron chi connectivity index (χ4n) is 2.43. The summed E-state index contributed by atoms with van der Waals surface area (Å²) in [4.78, 5) is 6.68. The number of nitrogens with one attached hydrogen (secondary N) is 4. The Kier molecular flexibility index (Phi) is 3.58. The van der Waals surface area contributed by atoms with Gasteiger partial charge >= 0.3 is 0 Å². The zero-order valence-corrected chi connectivity index (χ0v) is 13.3. The van der Waals surface area contributed by atoms with E-state index >= 15 is 0 Å². The van der Waals surface area contributed by atoms with Gasteiger partial charge in [0.05, 0.1) is 4.88 Å². The smallest absolute Gasteiger partial charge is 0.199 e. The average molecular weight is 314 g/mol. The second-order valence-corrected chi connectivity index (χ2v) is 6.12. The van der Waals surface area contributed by atoms with E-state index in [1.165, 1.54) is 4.90 Å². The van der Waals surface area contributed by atoms with Gasteiger partial charge in [-0.15, -0.1) is 11.3 Å². The van der Waals surface area contributed by atoms with Crippen LogP contribution in [0.5, 0.6) is 0 Å². The SMILES string of the molecule is CCC1(c2cc(-c3cccnc3)cs2)NC(=N)N(C)C(=N)N1. The highest BCUT2D eigenvalue weighted by atomic mass is 32.1. The van der Waals surface area contributed by atoms with Crippen molar-refractivity contribution in [3.8, 4) is 11.1 Å². The van der Waals surface area contributed by atoms with Crippen molar-refractivity contribution in [1.82, 2.24) is 20.5 Å². The molecule has 0 atom stereocenters. The van der Waals surface area contributed by atoms with E-state index in [1.54, 1.807) is 24.6 Å². The van der Waals surface area contributed by atoms with Gasteiger partial charge in [0, 0.05) is 25.0 Å². The molecule has 0 bridgehead atoms. The number of hydrogen-bond acceptors (Lipinski definition) is 4. The molecule has 22 heavy (non-hydrogen) atoms. The van der Waals surface area contributed by atoms with E-state index in [1.807, 2.05) is 25.3 Å². The zero-order chi connectivity index (χ0) is 15.7. The molecule has 1 aliphatic heterocycles. The van der Waals surface area contributed by atoms with E-state index in [-0.39, 0.29) is 11.9 Å². The van der Waals surface area contributed by atoms with Crippen LogP contribution in [0.1, 0.15) is 18.2 Å². The van der Waals surface area contributed by atoms with Crippen molar-refractivity contribution in [2.75, 3.05) is 7.05 Å². The molecule has 0 unspecified atom stereocenters. The fraction of sp³-hybridized carbons (Fsp3) is 0.267. The van der Waals surface area contributed by atoms with Crippen LogP contribution in [0.25, 0.3) is 11.1 Å². The number of rotatable bonds is 3. The molecule has 0 saturated carbocycles. The van der Waals surface area contributed by atoms with E-state index < -0.39 is 5.66 Å². The van der Waals surface area contributed by atoms with Crippen molar-refractivity contribution < 1.29 is 0 Å². The van der Waals surface area contributed by atoms with Crippen LogP contribution >= 0.6 is 11.3 Å². The minimum Gasteiger partial charge on any atom is -0.329 e. The maximum absolute atomic E-state index is 8.03. The van der Waals surface area contributed by atoms with Crippen LogP contribution in [0.4, 0.5) is 0 Å². The zero-order valence-electron chi connectivity index (χ0n) is 12.5. The molecule has 1 aliphatic rings. The van der Waals surface area contributed by atoms with Crippen molar-refractivity contribution in [3.05, 3.63) is 40.8 Å². The van der Waals surface area contributed by atoms with E-state index in [4.69, 9.17) is 10.8 Å². The normalized spacial score (nSPS) is 21.5. The molecule has 2 aromatic heterocycles. The quantitative estimate of drug-likeness (QED) is 0.700. The molecule has 3 rings (SSSR count). The van der Waals surface area contributed by atoms with E-state index in [9.17, 15) is 0 Å². The Labute approximate surface area is 133 Å². The topological polar surface area (TPSA) is 87.9 Å². The molecule has 3 heterocycles. The third-order valence-electron chi connectivity index (χ3n) is 3.88. The molecule has 0 amide bonds. The number of thiophene rings is 1. The summed E-state index contributed by atoms with van der Waals surface area (Å²) in [5.74, 6) is 0.448. The lowest BCUT2D eigenvalue weighted by Gasteiger charge is -2.43. The highest BCUT2D eigenvalue weighted by molar-refractivity contribution is 7.10.